The van der Waals surface area contributed by atoms with Crippen LogP contribution in [0.2, 0.25) is 0 Å². The summed E-state index contributed by atoms with van der Waals surface area (Å²) < 4.78 is 0. The van der Waals surface area contributed by atoms with E-state index in [9.17, 15) is 0 Å². The molecule has 0 amide bonds. The van der Waals surface area contributed by atoms with Crippen LogP contribution in [0.4, 0.5) is 10.8 Å². The van der Waals surface area contributed by atoms with E-state index in [1.165, 1.54) is 10.4 Å². The second kappa shape index (κ2) is 6.12. The molecule has 0 spiro atoms. The quantitative estimate of drug-likeness (QED) is 0.834. The number of hydrogen-bond donors (Lipinski definition) is 2. The molecule has 0 saturated heterocycles. The zero-order valence-electron chi connectivity index (χ0n) is 11.3. The number of rotatable bonds is 3. The highest BCUT2D eigenvalue weighted by Gasteiger charge is 2.06. The van der Waals surface area contributed by atoms with E-state index in [1.807, 2.05) is 25.1 Å². The van der Waals surface area contributed by atoms with E-state index in [1.54, 1.807) is 11.3 Å². The Hall–Kier alpha value is -1.46. The fourth-order valence-corrected chi connectivity index (χ4v) is 2.82. The minimum absolute atomic E-state index is 0.578. The van der Waals surface area contributed by atoms with Crippen molar-refractivity contribution in [3.05, 3.63) is 40.4 Å². The number of anilines is 2. The smallest absolute Gasteiger partial charge is 0.189 e. The Bertz CT molecular complexity index is 571. The monoisotopic (exact) mass is 291 g/mol. The van der Waals surface area contributed by atoms with Gasteiger partial charge in [0.1, 0.15) is 0 Å². The lowest BCUT2D eigenvalue weighted by Crippen LogP contribution is -2.19. The zero-order chi connectivity index (χ0) is 13.8. The molecular weight excluding hydrogens is 274 g/mol. The lowest BCUT2D eigenvalue weighted by Gasteiger charge is -2.11. The Morgan fingerprint density at radius 1 is 1.26 bits per heavy atom. The first-order valence-corrected chi connectivity index (χ1v) is 7.42. The maximum absolute atomic E-state index is 5.32. The molecule has 0 atom stereocenters. The zero-order valence-corrected chi connectivity index (χ0v) is 12.9. The predicted octanol–water partition coefficient (Wildman–Crippen LogP) is 4.13. The molecule has 0 aliphatic heterocycles. The summed E-state index contributed by atoms with van der Waals surface area (Å²) in [7, 11) is 0. The SMILES string of the molecule is CCc1ccccc1NC(=S)Nc1nc(C)c(C)s1. The summed E-state index contributed by atoms with van der Waals surface area (Å²) in [5, 5.41) is 7.77. The fourth-order valence-electron chi connectivity index (χ4n) is 1.73. The molecular formula is C14H17N3S2. The van der Waals surface area contributed by atoms with Crippen molar-refractivity contribution in [2.45, 2.75) is 27.2 Å². The molecule has 2 rings (SSSR count). The van der Waals surface area contributed by atoms with Gasteiger partial charge in [0.05, 0.1) is 5.69 Å². The Kier molecular flexibility index (Phi) is 4.50. The standard InChI is InChI=1S/C14H17N3S2/c1-4-11-7-5-6-8-12(11)16-13(18)17-14-15-9(2)10(3)19-14/h5-8H,4H2,1-3H3,(H2,15,16,17,18). The summed E-state index contributed by atoms with van der Waals surface area (Å²) >= 11 is 6.94. The van der Waals surface area contributed by atoms with E-state index in [2.05, 4.69) is 35.5 Å². The van der Waals surface area contributed by atoms with Gasteiger partial charge in [-0.05, 0) is 44.1 Å². The van der Waals surface area contributed by atoms with Gasteiger partial charge in [-0.15, -0.1) is 11.3 Å². The third-order valence-electron chi connectivity index (χ3n) is 2.90. The lowest BCUT2D eigenvalue weighted by molar-refractivity contribution is 1.14. The number of thiocarbonyl (C=S) groups is 1. The molecule has 5 heteroatoms. The van der Waals surface area contributed by atoms with Gasteiger partial charge in [-0.1, -0.05) is 25.1 Å². The van der Waals surface area contributed by atoms with Crippen LogP contribution in [-0.2, 0) is 6.42 Å². The average molecular weight is 291 g/mol. The van der Waals surface area contributed by atoms with Crippen LogP contribution in [0, 0.1) is 13.8 Å². The Morgan fingerprint density at radius 3 is 2.63 bits per heavy atom. The number of thiazole rings is 1. The molecule has 2 aromatic rings. The molecule has 2 N–H and O–H groups in total. The largest absolute Gasteiger partial charge is 0.332 e. The second-order valence-electron chi connectivity index (χ2n) is 4.25. The summed E-state index contributed by atoms with van der Waals surface area (Å²) in [6, 6.07) is 8.17. The third-order valence-corrected chi connectivity index (χ3v) is 4.09. The van der Waals surface area contributed by atoms with E-state index in [0.29, 0.717) is 5.11 Å². The van der Waals surface area contributed by atoms with Gasteiger partial charge in [0.2, 0.25) is 0 Å². The van der Waals surface area contributed by atoms with Gasteiger partial charge >= 0.3 is 0 Å². The molecule has 0 unspecified atom stereocenters. The maximum atomic E-state index is 5.32. The molecule has 19 heavy (non-hydrogen) atoms. The predicted molar refractivity (Wildman–Crippen MR) is 87.3 cm³/mol. The number of hydrogen-bond acceptors (Lipinski definition) is 3. The Morgan fingerprint density at radius 2 is 2.00 bits per heavy atom. The highest BCUT2D eigenvalue weighted by Crippen LogP contribution is 2.22. The van der Waals surface area contributed by atoms with Crippen molar-refractivity contribution in [3.8, 4) is 0 Å². The molecule has 0 aliphatic rings. The van der Waals surface area contributed by atoms with Crippen molar-refractivity contribution in [1.82, 2.24) is 4.98 Å². The van der Waals surface area contributed by atoms with Gasteiger partial charge < -0.3 is 10.6 Å². The fraction of sp³-hybridized carbons (Fsp3) is 0.286. The van der Waals surface area contributed by atoms with Crippen molar-refractivity contribution >= 4 is 39.5 Å². The molecule has 100 valence electrons. The number of aromatic nitrogens is 1. The topological polar surface area (TPSA) is 37.0 Å². The van der Waals surface area contributed by atoms with Crippen LogP contribution >= 0.6 is 23.6 Å². The number of nitrogens with zero attached hydrogens (tertiary/aromatic N) is 1. The summed E-state index contributed by atoms with van der Waals surface area (Å²) in [5.41, 5.74) is 3.34. The summed E-state index contributed by atoms with van der Waals surface area (Å²) in [4.78, 5) is 5.62. The first-order chi connectivity index (χ1) is 9.10. The van der Waals surface area contributed by atoms with E-state index < -0.39 is 0 Å². The van der Waals surface area contributed by atoms with Crippen LogP contribution in [0.5, 0.6) is 0 Å². The van der Waals surface area contributed by atoms with Crippen molar-refractivity contribution < 1.29 is 0 Å². The van der Waals surface area contributed by atoms with Crippen LogP contribution in [-0.4, -0.2) is 10.1 Å². The summed E-state index contributed by atoms with van der Waals surface area (Å²) in [6.45, 7) is 6.19. The van der Waals surface area contributed by atoms with Gasteiger partial charge in [0.25, 0.3) is 0 Å². The number of aryl methyl sites for hydroxylation is 3. The van der Waals surface area contributed by atoms with Gasteiger partial charge in [0.15, 0.2) is 10.2 Å². The first kappa shape index (κ1) is 14.0. The van der Waals surface area contributed by atoms with Crippen LogP contribution < -0.4 is 10.6 Å². The van der Waals surface area contributed by atoms with Crippen molar-refractivity contribution in [1.29, 1.82) is 0 Å². The molecule has 0 radical (unpaired) electrons. The molecule has 0 saturated carbocycles. The second-order valence-corrected chi connectivity index (χ2v) is 5.86. The minimum atomic E-state index is 0.578. The number of para-hydroxylation sites is 1. The Balaban J connectivity index is 2.05. The Labute approximate surface area is 123 Å². The molecule has 1 heterocycles. The van der Waals surface area contributed by atoms with Crippen molar-refractivity contribution in [2.24, 2.45) is 0 Å². The molecule has 1 aromatic carbocycles. The highest BCUT2D eigenvalue weighted by molar-refractivity contribution is 7.80. The van der Waals surface area contributed by atoms with Crippen LogP contribution in [0.3, 0.4) is 0 Å². The van der Waals surface area contributed by atoms with Crippen molar-refractivity contribution in [3.63, 3.8) is 0 Å². The van der Waals surface area contributed by atoms with Crippen molar-refractivity contribution in [2.75, 3.05) is 10.6 Å². The molecule has 1 aromatic heterocycles. The van der Waals surface area contributed by atoms with Crippen LogP contribution in [0.15, 0.2) is 24.3 Å². The molecule has 0 fully saturated rings. The van der Waals surface area contributed by atoms with Gasteiger partial charge in [0, 0.05) is 10.6 Å². The highest BCUT2D eigenvalue weighted by atomic mass is 32.1. The molecule has 3 nitrogen and oxygen atoms in total. The van der Waals surface area contributed by atoms with Gasteiger partial charge in [-0.25, -0.2) is 4.98 Å². The lowest BCUT2D eigenvalue weighted by atomic mass is 10.1. The minimum Gasteiger partial charge on any atom is -0.332 e. The first-order valence-electron chi connectivity index (χ1n) is 6.20. The molecule has 0 bridgehead atoms. The van der Waals surface area contributed by atoms with E-state index in [-0.39, 0.29) is 0 Å². The van der Waals surface area contributed by atoms with Gasteiger partial charge in [-0.2, -0.15) is 0 Å². The van der Waals surface area contributed by atoms with E-state index >= 15 is 0 Å². The van der Waals surface area contributed by atoms with Crippen LogP contribution in [0.1, 0.15) is 23.1 Å². The number of nitrogens with one attached hydrogen (secondary N) is 2. The summed E-state index contributed by atoms with van der Waals surface area (Å²) in [6.07, 6.45) is 0.973. The third kappa shape index (κ3) is 3.52. The van der Waals surface area contributed by atoms with E-state index in [4.69, 9.17) is 12.2 Å². The number of benzene rings is 1. The van der Waals surface area contributed by atoms with Crippen LogP contribution in [0.25, 0.3) is 0 Å². The van der Waals surface area contributed by atoms with E-state index in [0.717, 1.165) is 22.9 Å². The molecule has 0 aliphatic carbocycles. The average Bonchev–Trinajstić information content (AvgIpc) is 2.68. The maximum Gasteiger partial charge on any atom is 0.189 e. The summed E-state index contributed by atoms with van der Waals surface area (Å²) in [5.74, 6) is 0. The normalized spacial score (nSPS) is 10.3. The van der Waals surface area contributed by atoms with Gasteiger partial charge in [-0.3, -0.25) is 0 Å².